The van der Waals surface area contributed by atoms with Crippen LogP contribution in [0.4, 0.5) is 10.5 Å². The number of hydrogen-bond donors (Lipinski definition) is 3. The molecule has 1 fully saturated rings. The second-order valence-electron chi connectivity index (χ2n) is 6.57. The van der Waals surface area contributed by atoms with Gasteiger partial charge in [0.15, 0.2) is 0 Å². The number of hydrogen-bond acceptors (Lipinski definition) is 4. The van der Waals surface area contributed by atoms with Gasteiger partial charge in [-0.05, 0) is 24.5 Å². The van der Waals surface area contributed by atoms with Crippen molar-refractivity contribution < 1.29 is 24.2 Å². The first-order chi connectivity index (χ1) is 12.3. The summed E-state index contributed by atoms with van der Waals surface area (Å²) in [6.45, 7) is 4.72. The highest BCUT2D eigenvalue weighted by Crippen LogP contribution is 2.21. The van der Waals surface area contributed by atoms with Crippen LogP contribution in [-0.2, 0) is 9.59 Å². The van der Waals surface area contributed by atoms with E-state index in [0.717, 1.165) is 0 Å². The van der Waals surface area contributed by atoms with Crippen molar-refractivity contribution in [3.05, 3.63) is 24.3 Å². The topological polar surface area (TPSA) is 108 Å². The number of nitrogens with zero attached hydrogens (tertiary/aromatic N) is 1. The molecular weight excluding hydrogens is 338 g/mol. The molecule has 0 saturated carbocycles. The molecule has 26 heavy (non-hydrogen) atoms. The number of benzene rings is 1. The summed E-state index contributed by atoms with van der Waals surface area (Å²) in [5, 5.41) is 14.6. The fourth-order valence-electron chi connectivity index (χ4n) is 3.00. The quantitative estimate of drug-likeness (QED) is 0.668. The van der Waals surface area contributed by atoms with Gasteiger partial charge in [0, 0.05) is 31.8 Å². The molecule has 2 unspecified atom stereocenters. The van der Waals surface area contributed by atoms with Gasteiger partial charge < -0.3 is 25.4 Å². The van der Waals surface area contributed by atoms with Crippen molar-refractivity contribution >= 4 is 23.6 Å². The van der Waals surface area contributed by atoms with E-state index in [9.17, 15) is 14.4 Å². The number of carbonyl (C=O) groups excluding carboxylic acids is 2. The normalized spacial score (nSPS) is 19.5. The highest BCUT2D eigenvalue weighted by atomic mass is 16.5. The zero-order chi connectivity index (χ0) is 19.1. The number of piperidine rings is 1. The summed E-state index contributed by atoms with van der Waals surface area (Å²) < 4.78 is 5.57. The Morgan fingerprint density at radius 1 is 1.31 bits per heavy atom. The van der Waals surface area contributed by atoms with Gasteiger partial charge in [-0.15, -0.1) is 0 Å². The second-order valence-corrected chi connectivity index (χ2v) is 6.57. The summed E-state index contributed by atoms with van der Waals surface area (Å²) in [7, 11) is 0. The number of urea groups is 1. The number of carboxylic acid groups (broad SMARTS) is 1. The van der Waals surface area contributed by atoms with Crippen molar-refractivity contribution in [2.75, 3.05) is 31.6 Å². The standard InChI is InChI=1S/C18H25N3O5/c1-12-8-14(17(23)24)11-21(10-12)18(25)19-6-7-26-16-5-3-4-15(9-16)20-13(2)22/h3-5,9,12,14H,6-8,10-11H2,1-2H3,(H,19,25)(H,20,22)(H,23,24). The van der Waals surface area contributed by atoms with Gasteiger partial charge in [-0.3, -0.25) is 9.59 Å². The third kappa shape index (κ3) is 5.94. The van der Waals surface area contributed by atoms with Crippen LogP contribution in [0.15, 0.2) is 24.3 Å². The number of carbonyl (C=O) groups is 3. The number of likely N-dealkylation sites (tertiary alicyclic amines) is 1. The van der Waals surface area contributed by atoms with E-state index in [1.54, 1.807) is 29.2 Å². The third-order valence-corrected chi connectivity index (χ3v) is 4.10. The van der Waals surface area contributed by atoms with E-state index in [0.29, 0.717) is 30.9 Å². The summed E-state index contributed by atoms with van der Waals surface area (Å²) in [5.41, 5.74) is 0.640. The molecule has 0 aliphatic carbocycles. The van der Waals surface area contributed by atoms with Gasteiger partial charge in [0.05, 0.1) is 12.5 Å². The highest BCUT2D eigenvalue weighted by Gasteiger charge is 2.31. The van der Waals surface area contributed by atoms with Gasteiger partial charge >= 0.3 is 12.0 Å². The number of amides is 3. The van der Waals surface area contributed by atoms with Crippen molar-refractivity contribution in [2.24, 2.45) is 11.8 Å². The Labute approximate surface area is 152 Å². The fraction of sp³-hybridized carbons (Fsp3) is 0.500. The van der Waals surface area contributed by atoms with E-state index in [4.69, 9.17) is 9.84 Å². The van der Waals surface area contributed by atoms with Crippen LogP contribution in [0.5, 0.6) is 5.75 Å². The SMILES string of the molecule is CC(=O)Nc1cccc(OCCNC(=O)N2CC(C)CC(C(=O)O)C2)c1. The molecule has 142 valence electrons. The molecular formula is C18H25N3O5. The Kier molecular flexibility index (Phi) is 6.82. The van der Waals surface area contributed by atoms with Gasteiger partial charge in [0.1, 0.15) is 12.4 Å². The van der Waals surface area contributed by atoms with E-state index in [2.05, 4.69) is 10.6 Å². The second kappa shape index (κ2) is 9.07. The average Bonchev–Trinajstić information content (AvgIpc) is 2.57. The summed E-state index contributed by atoms with van der Waals surface area (Å²) in [5.74, 6) is -0.801. The average molecular weight is 363 g/mol. The highest BCUT2D eigenvalue weighted by molar-refractivity contribution is 5.88. The number of nitrogens with one attached hydrogen (secondary N) is 2. The van der Waals surface area contributed by atoms with Crippen LogP contribution in [0.3, 0.4) is 0 Å². The summed E-state index contributed by atoms with van der Waals surface area (Å²) in [6, 6.07) is 6.70. The van der Waals surface area contributed by atoms with Crippen LogP contribution in [0.1, 0.15) is 20.3 Å². The molecule has 0 spiro atoms. The lowest BCUT2D eigenvalue weighted by molar-refractivity contribution is -0.143. The van der Waals surface area contributed by atoms with E-state index in [-0.39, 0.29) is 31.0 Å². The minimum Gasteiger partial charge on any atom is -0.492 e. The first kappa shape index (κ1) is 19.6. The van der Waals surface area contributed by atoms with Crippen molar-refractivity contribution in [2.45, 2.75) is 20.3 Å². The van der Waals surface area contributed by atoms with Crippen molar-refractivity contribution in [3.63, 3.8) is 0 Å². The van der Waals surface area contributed by atoms with Crippen LogP contribution in [0.25, 0.3) is 0 Å². The molecule has 1 aromatic carbocycles. The lowest BCUT2D eigenvalue weighted by Crippen LogP contribution is -2.50. The summed E-state index contributed by atoms with van der Waals surface area (Å²) in [6.07, 6.45) is 0.590. The zero-order valence-electron chi connectivity index (χ0n) is 15.0. The Bertz CT molecular complexity index is 664. The molecule has 8 nitrogen and oxygen atoms in total. The van der Waals surface area contributed by atoms with Crippen molar-refractivity contribution in [3.8, 4) is 5.75 Å². The van der Waals surface area contributed by atoms with E-state index in [1.807, 2.05) is 6.92 Å². The van der Waals surface area contributed by atoms with Crippen LogP contribution in [0, 0.1) is 11.8 Å². The monoisotopic (exact) mass is 363 g/mol. The maximum absolute atomic E-state index is 12.2. The first-order valence-electron chi connectivity index (χ1n) is 8.61. The Morgan fingerprint density at radius 3 is 2.77 bits per heavy atom. The van der Waals surface area contributed by atoms with Gasteiger partial charge in [0.25, 0.3) is 0 Å². The smallest absolute Gasteiger partial charge is 0.317 e. The molecule has 8 heteroatoms. The molecule has 0 radical (unpaired) electrons. The molecule has 0 aromatic heterocycles. The molecule has 2 rings (SSSR count). The summed E-state index contributed by atoms with van der Waals surface area (Å²) in [4.78, 5) is 36.0. The van der Waals surface area contributed by atoms with Crippen molar-refractivity contribution in [1.29, 1.82) is 0 Å². The molecule has 1 aromatic rings. The third-order valence-electron chi connectivity index (χ3n) is 4.10. The molecule has 1 heterocycles. The van der Waals surface area contributed by atoms with Crippen molar-refractivity contribution in [1.82, 2.24) is 10.2 Å². The molecule has 1 saturated heterocycles. The first-order valence-corrected chi connectivity index (χ1v) is 8.61. The molecule has 1 aliphatic heterocycles. The van der Waals surface area contributed by atoms with E-state index >= 15 is 0 Å². The minimum absolute atomic E-state index is 0.156. The lowest BCUT2D eigenvalue weighted by atomic mass is 9.91. The fourth-order valence-corrected chi connectivity index (χ4v) is 3.00. The lowest BCUT2D eigenvalue weighted by Gasteiger charge is -2.34. The largest absolute Gasteiger partial charge is 0.492 e. The number of ether oxygens (including phenoxy) is 1. The Morgan fingerprint density at radius 2 is 2.08 bits per heavy atom. The zero-order valence-corrected chi connectivity index (χ0v) is 15.0. The number of carboxylic acids is 1. The van der Waals surface area contributed by atoms with E-state index < -0.39 is 11.9 Å². The van der Waals surface area contributed by atoms with E-state index in [1.165, 1.54) is 6.92 Å². The Balaban J connectivity index is 1.76. The predicted molar refractivity (Wildman–Crippen MR) is 96.1 cm³/mol. The molecule has 3 N–H and O–H groups in total. The molecule has 2 atom stereocenters. The summed E-state index contributed by atoms with van der Waals surface area (Å²) >= 11 is 0. The Hall–Kier alpha value is -2.77. The van der Waals surface area contributed by atoms with Crippen LogP contribution >= 0.6 is 0 Å². The maximum atomic E-state index is 12.2. The molecule has 0 bridgehead atoms. The predicted octanol–water partition coefficient (Wildman–Crippen LogP) is 1.78. The minimum atomic E-state index is -0.864. The maximum Gasteiger partial charge on any atom is 0.317 e. The van der Waals surface area contributed by atoms with Gasteiger partial charge in [-0.1, -0.05) is 13.0 Å². The molecule has 3 amide bonds. The van der Waals surface area contributed by atoms with Gasteiger partial charge in [0.2, 0.25) is 5.91 Å². The van der Waals surface area contributed by atoms with Crippen LogP contribution in [-0.4, -0.2) is 54.2 Å². The number of rotatable bonds is 6. The molecule has 1 aliphatic rings. The van der Waals surface area contributed by atoms with Gasteiger partial charge in [-0.2, -0.15) is 0 Å². The van der Waals surface area contributed by atoms with Crippen LogP contribution < -0.4 is 15.4 Å². The number of aliphatic carboxylic acids is 1. The number of anilines is 1. The van der Waals surface area contributed by atoms with Crippen LogP contribution in [0.2, 0.25) is 0 Å². The van der Waals surface area contributed by atoms with Gasteiger partial charge in [-0.25, -0.2) is 4.79 Å².